The Morgan fingerprint density at radius 3 is 2.07 bits per heavy atom. The van der Waals surface area contributed by atoms with Crippen LogP contribution in [0.4, 0.5) is 0 Å². The average Bonchev–Trinajstić information content (AvgIpc) is 2.69. The van der Waals surface area contributed by atoms with Gasteiger partial charge in [-0.2, -0.15) is 0 Å². The Morgan fingerprint density at radius 2 is 1.73 bits per heavy atom. The van der Waals surface area contributed by atoms with E-state index in [0.29, 0.717) is 6.42 Å². The maximum Gasteiger partial charge on any atom is 0.178 e. The van der Waals surface area contributed by atoms with Gasteiger partial charge >= 0.3 is 0 Å². The third-order valence-corrected chi connectivity index (χ3v) is 4.06. The standard InChI is InChI=1S/C11H14O4/c1-6(12)10-4-9(3,15)8(14)11(10,5-10)7(2)13/h15H,4-5H2,1-3H3/t9-,10-,11+/m0/s1. The van der Waals surface area contributed by atoms with Crippen LogP contribution in [0.2, 0.25) is 0 Å². The van der Waals surface area contributed by atoms with Gasteiger partial charge in [-0.25, -0.2) is 0 Å². The van der Waals surface area contributed by atoms with Crippen LogP contribution in [0.1, 0.15) is 33.6 Å². The molecule has 0 spiro atoms. The molecule has 15 heavy (non-hydrogen) atoms. The summed E-state index contributed by atoms with van der Waals surface area (Å²) in [6.07, 6.45) is 0.382. The second-order valence-corrected chi connectivity index (χ2v) is 5.06. The molecule has 0 aromatic heterocycles. The summed E-state index contributed by atoms with van der Waals surface area (Å²) in [4.78, 5) is 35.0. The Bertz CT molecular complexity index is 395. The number of aliphatic hydroxyl groups is 1. The van der Waals surface area contributed by atoms with Crippen LogP contribution in [0.15, 0.2) is 0 Å². The van der Waals surface area contributed by atoms with E-state index in [9.17, 15) is 19.5 Å². The summed E-state index contributed by atoms with van der Waals surface area (Å²) in [7, 11) is 0. The van der Waals surface area contributed by atoms with E-state index < -0.39 is 22.2 Å². The van der Waals surface area contributed by atoms with E-state index in [1.54, 1.807) is 0 Å². The number of carbonyl (C=O) groups is 3. The molecule has 0 aliphatic heterocycles. The number of hydrogen-bond acceptors (Lipinski definition) is 4. The van der Waals surface area contributed by atoms with Gasteiger partial charge in [0.25, 0.3) is 0 Å². The van der Waals surface area contributed by atoms with Crippen molar-refractivity contribution in [2.24, 2.45) is 10.8 Å². The molecule has 0 radical (unpaired) electrons. The summed E-state index contributed by atoms with van der Waals surface area (Å²) in [6.45, 7) is 4.10. The Labute approximate surface area is 87.7 Å². The van der Waals surface area contributed by atoms with Crippen molar-refractivity contribution >= 4 is 17.3 Å². The smallest absolute Gasteiger partial charge is 0.178 e. The third-order valence-electron chi connectivity index (χ3n) is 4.06. The van der Waals surface area contributed by atoms with Gasteiger partial charge in [-0.1, -0.05) is 0 Å². The summed E-state index contributed by atoms with van der Waals surface area (Å²) < 4.78 is 0. The molecule has 0 heterocycles. The van der Waals surface area contributed by atoms with Gasteiger partial charge in [0, 0.05) is 0 Å². The van der Waals surface area contributed by atoms with Gasteiger partial charge < -0.3 is 5.11 Å². The predicted octanol–water partition coefficient (Wildman–Crippen LogP) is 0.265. The summed E-state index contributed by atoms with van der Waals surface area (Å²) in [6, 6.07) is 0. The van der Waals surface area contributed by atoms with Crippen LogP contribution in [0, 0.1) is 10.8 Å². The lowest BCUT2D eigenvalue weighted by molar-refractivity contribution is -0.142. The topological polar surface area (TPSA) is 71.4 Å². The zero-order valence-corrected chi connectivity index (χ0v) is 9.09. The molecule has 4 heteroatoms. The molecule has 0 bridgehead atoms. The van der Waals surface area contributed by atoms with Gasteiger partial charge in [0.15, 0.2) is 5.78 Å². The van der Waals surface area contributed by atoms with Crippen molar-refractivity contribution in [1.82, 2.24) is 0 Å². The Balaban J connectivity index is 2.54. The van der Waals surface area contributed by atoms with Crippen molar-refractivity contribution in [1.29, 1.82) is 0 Å². The van der Waals surface area contributed by atoms with E-state index in [1.165, 1.54) is 20.8 Å². The summed E-state index contributed by atoms with van der Waals surface area (Å²) in [5, 5.41) is 9.84. The van der Waals surface area contributed by atoms with Crippen molar-refractivity contribution in [3.05, 3.63) is 0 Å². The van der Waals surface area contributed by atoms with Gasteiger partial charge in [-0.05, 0) is 33.6 Å². The minimum absolute atomic E-state index is 0.0910. The number of Topliss-reactive ketones (excluding diaryl/α,β-unsaturated/α-hetero) is 3. The van der Waals surface area contributed by atoms with Gasteiger partial charge in [-0.3, -0.25) is 14.4 Å². The highest BCUT2D eigenvalue weighted by Gasteiger charge is 2.84. The molecule has 1 N–H and O–H groups in total. The van der Waals surface area contributed by atoms with E-state index in [2.05, 4.69) is 0 Å². The highest BCUT2D eigenvalue weighted by atomic mass is 16.3. The molecule has 0 saturated heterocycles. The van der Waals surface area contributed by atoms with Crippen LogP contribution in [-0.4, -0.2) is 28.1 Å². The minimum atomic E-state index is -1.52. The molecule has 0 amide bonds. The van der Waals surface area contributed by atoms with E-state index in [4.69, 9.17) is 0 Å². The van der Waals surface area contributed by atoms with Crippen LogP contribution in [0.3, 0.4) is 0 Å². The normalized spacial score (nSPS) is 47.6. The van der Waals surface area contributed by atoms with E-state index >= 15 is 0 Å². The maximum atomic E-state index is 11.9. The van der Waals surface area contributed by atoms with Crippen molar-refractivity contribution in [2.45, 2.75) is 39.2 Å². The van der Waals surface area contributed by atoms with E-state index in [1.807, 2.05) is 0 Å². The van der Waals surface area contributed by atoms with E-state index in [-0.39, 0.29) is 18.0 Å². The van der Waals surface area contributed by atoms with Crippen LogP contribution < -0.4 is 0 Å². The van der Waals surface area contributed by atoms with Crippen LogP contribution in [-0.2, 0) is 14.4 Å². The second kappa shape index (κ2) is 2.38. The van der Waals surface area contributed by atoms with Gasteiger partial charge in [0.05, 0.1) is 5.41 Å². The number of ketones is 3. The Hall–Kier alpha value is -1.03. The van der Waals surface area contributed by atoms with Crippen molar-refractivity contribution < 1.29 is 19.5 Å². The van der Waals surface area contributed by atoms with Crippen molar-refractivity contribution in [3.63, 3.8) is 0 Å². The van der Waals surface area contributed by atoms with Crippen LogP contribution >= 0.6 is 0 Å². The molecule has 82 valence electrons. The molecule has 2 aliphatic carbocycles. The Kier molecular flexibility index (Phi) is 1.66. The fourth-order valence-electron chi connectivity index (χ4n) is 3.22. The highest BCUT2D eigenvalue weighted by molar-refractivity contribution is 6.21. The molecule has 0 unspecified atom stereocenters. The minimum Gasteiger partial charge on any atom is -0.382 e. The molecule has 2 aliphatic rings. The first-order chi connectivity index (χ1) is 6.71. The summed E-state index contributed by atoms with van der Waals surface area (Å²) in [5.74, 6) is -0.929. The van der Waals surface area contributed by atoms with Crippen molar-refractivity contribution in [3.8, 4) is 0 Å². The predicted molar refractivity (Wildman–Crippen MR) is 51.1 cm³/mol. The lowest BCUT2D eigenvalue weighted by Gasteiger charge is -2.18. The summed E-state index contributed by atoms with van der Waals surface area (Å²) >= 11 is 0. The fourth-order valence-corrected chi connectivity index (χ4v) is 3.22. The maximum absolute atomic E-state index is 11.9. The molecular weight excluding hydrogens is 196 g/mol. The van der Waals surface area contributed by atoms with Crippen molar-refractivity contribution in [2.75, 3.05) is 0 Å². The van der Waals surface area contributed by atoms with Crippen LogP contribution in [0.5, 0.6) is 0 Å². The van der Waals surface area contributed by atoms with Gasteiger partial charge in [0.2, 0.25) is 0 Å². The lowest BCUT2D eigenvalue weighted by atomic mass is 9.89. The molecule has 4 nitrogen and oxygen atoms in total. The average molecular weight is 210 g/mol. The fraction of sp³-hybridized carbons (Fsp3) is 0.727. The molecule has 0 aromatic rings. The van der Waals surface area contributed by atoms with E-state index in [0.717, 1.165) is 0 Å². The first kappa shape index (κ1) is 10.5. The second-order valence-electron chi connectivity index (χ2n) is 5.06. The SMILES string of the molecule is CC(=O)[C@]12C[C@@]1(C(C)=O)C(=O)[C@@](C)(O)C2. The first-order valence-corrected chi connectivity index (χ1v) is 5.00. The zero-order valence-electron chi connectivity index (χ0n) is 9.09. The highest BCUT2D eigenvalue weighted by Crippen LogP contribution is 2.74. The molecule has 3 atom stereocenters. The number of carbonyl (C=O) groups excluding carboxylic acids is 3. The molecule has 2 rings (SSSR count). The number of hydrogen-bond donors (Lipinski definition) is 1. The first-order valence-electron chi connectivity index (χ1n) is 5.00. The van der Waals surface area contributed by atoms with Gasteiger partial charge in [-0.15, -0.1) is 0 Å². The zero-order chi connectivity index (χ0) is 11.6. The molecular formula is C11H14O4. The number of fused-ring (bicyclic) bond motifs is 1. The monoisotopic (exact) mass is 210 g/mol. The molecule has 2 fully saturated rings. The molecule has 0 aromatic carbocycles. The quantitative estimate of drug-likeness (QED) is 0.664. The number of rotatable bonds is 2. The van der Waals surface area contributed by atoms with Crippen LogP contribution in [0.25, 0.3) is 0 Å². The lowest BCUT2D eigenvalue weighted by Crippen LogP contribution is -2.38. The Morgan fingerprint density at radius 1 is 1.20 bits per heavy atom. The van der Waals surface area contributed by atoms with Gasteiger partial charge in [0.1, 0.15) is 22.6 Å². The molecule has 2 saturated carbocycles. The third kappa shape index (κ3) is 0.886. The summed E-state index contributed by atoms with van der Waals surface area (Å²) in [5.41, 5.74) is -3.63. The largest absolute Gasteiger partial charge is 0.382 e.